The van der Waals surface area contributed by atoms with Crippen LogP contribution in [0, 0.1) is 0 Å². The van der Waals surface area contributed by atoms with E-state index in [-0.39, 0.29) is 17.5 Å². The van der Waals surface area contributed by atoms with Crippen molar-refractivity contribution in [2.24, 2.45) is 0 Å². The number of rotatable bonds is 3. The Bertz CT molecular complexity index is 625. The summed E-state index contributed by atoms with van der Waals surface area (Å²) >= 11 is 0. The van der Waals surface area contributed by atoms with Crippen LogP contribution in [0.5, 0.6) is 5.75 Å². The molecule has 124 valence electrons. The number of methoxy groups -OCH3 is 1. The van der Waals surface area contributed by atoms with E-state index in [1.807, 2.05) is 12.1 Å². The molecule has 0 spiro atoms. The van der Waals surface area contributed by atoms with Crippen molar-refractivity contribution in [1.82, 2.24) is 4.90 Å². The highest BCUT2D eigenvalue weighted by atomic mass is 16.5. The smallest absolute Gasteiger partial charge is 0.302 e. The van der Waals surface area contributed by atoms with E-state index in [9.17, 15) is 4.79 Å². The lowest BCUT2D eigenvalue weighted by molar-refractivity contribution is -0.148. The minimum atomic E-state index is -0.184. The molecule has 1 heterocycles. The molecule has 0 bridgehead atoms. The summed E-state index contributed by atoms with van der Waals surface area (Å²) in [5.74, 6) is 0.695. The SMILES string of the molecule is COc1cccc([C@]23CCN(C)C=C2CC[C@H](OC(C)=O)C3)c1. The van der Waals surface area contributed by atoms with Crippen LogP contribution < -0.4 is 4.74 Å². The summed E-state index contributed by atoms with van der Waals surface area (Å²) in [6, 6.07) is 8.34. The Hall–Kier alpha value is -1.97. The summed E-state index contributed by atoms with van der Waals surface area (Å²) in [7, 11) is 3.82. The van der Waals surface area contributed by atoms with Gasteiger partial charge in [-0.05, 0) is 55.2 Å². The highest BCUT2D eigenvalue weighted by molar-refractivity contribution is 5.66. The van der Waals surface area contributed by atoms with E-state index < -0.39 is 0 Å². The first-order chi connectivity index (χ1) is 11.0. The van der Waals surface area contributed by atoms with Crippen LogP contribution in [0.25, 0.3) is 0 Å². The Morgan fingerprint density at radius 1 is 1.39 bits per heavy atom. The summed E-state index contributed by atoms with van der Waals surface area (Å²) in [4.78, 5) is 13.7. The Morgan fingerprint density at radius 3 is 2.96 bits per heavy atom. The third-order valence-corrected chi connectivity index (χ3v) is 5.15. The Balaban J connectivity index is 2.00. The molecule has 3 rings (SSSR count). The van der Waals surface area contributed by atoms with Crippen LogP contribution in [0.1, 0.15) is 38.2 Å². The summed E-state index contributed by atoms with van der Waals surface area (Å²) in [5.41, 5.74) is 2.68. The number of carbonyl (C=O) groups excluding carboxylic acids is 1. The molecule has 1 aromatic rings. The molecule has 0 N–H and O–H groups in total. The number of nitrogens with zero attached hydrogens (tertiary/aromatic N) is 1. The fourth-order valence-corrected chi connectivity index (χ4v) is 4.03. The minimum Gasteiger partial charge on any atom is -0.497 e. The van der Waals surface area contributed by atoms with Gasteiger partial charge in [0.25, 0.3) is 0 Å². The summed E-state index contributed by atoms with van der Waals surface area (Å²) in [6.07, 6.45) is 6.07. The monoisotopic (exact) mass is 315 g/mol. The molecule has 4 nitrogen and oxygen atoms in total. The number of ether oxygens (including phenoxy) is 2. The Labute approximate surface area is 138 Å². The highest BCUT2D eigenvalue weighted by Crippen LogP contribution is 2.49. The molecule has 23 heavy (non-hydrogen) atoms. The van der Waals surface area contributed by atoms with Crippen molar-refractivity contribution in [3.05, 3.63) is 41.6 Å². The second-order valence-electron chi connectivity index (χ2n) is 6.67. The van der Waals surface area contributed by atoms with Crippen LogP contribution in [-0.4, -0.2) is 37.7 Å². The molecule has 1 fully saturated rings. The topological polar surface area (TPSA) is 38.8 Å². The first-order valence-corrected chi connectivity index (χ1v) is 8.27. The summed E-state index contributed by atoms with van der Waals surface area (Å²) < 4.78 is 11.0. The first kappa shape index (κ1) is 15.9. The maximum Gasteiger partial charge on any atom is 0.302 e. The normalized spacial score (nSPS) is 27.0. The first-order valence-electron chi connectivity index (χ1n) is 8.27. The largest absolute Gasteiger partial charge is 0.497 e. The molecule has 2 aliphatic rings. The number of fused-ring (bicyclic) bond motifs is 1. The third-order valence-electron chi connectivity index (χ3n) is 5.15. The van der Waals surface area contributed by atoms with Gasteiger partial charge < -0.3 is 14.4 Å². The molecule has 1 aromatic carbocycles. The van der Waals surface area contributed by atoms with Gasteiger partial charge in [0.15, 0.2) is 0 Å². The second kappa shape index (κ2) is 6.26. The summed E-state index contributed by atoms with van der Waals surface area (Å²) in [5, 5.41) is 0. The maximum atomic E-state index is 11.4. The molecule has 1 aliphatic heterocycles. The van der Waals surface area contributed by atoms with Crippen LogP contribution in [0.3, 0.4) is 0 Å². The number of allylic oxidation sites excluding steroid dienone is 1. The average Bonchev–Trinajstić information content (AvgIpc) is 2.54. The number of hydrogen-bond donors (Lipinski definition) is 0. The van der Waals surface area contributed by atoms with E-state index in [2.05, 4.69) is 30.3 Å². The van der Waals surface area contributed by atoms with Gasteiger partial charge in [0.2, 0.25) is 0 Å². The van der Waals surface area contributed by atoms with Gasteiger partial charge in [-0.2, -0.15) is 0 Å². The molecule has 4 heteroatoms. The number of esters is 1. The lowest BCUT2D eigenvalue weighted by Crippen LogP contribution is -2.44. The Morgan fingerprint density at radius 2 is 2.22 bits per heavy atom. The number of hydrogen-bond acceptors (Lipinski definition) is 4. The van der Waals surface area contributed by atoms with Gasteiger partial charge in [-0.15, -0.1) is 0 Å². The van der Waals surface area contributed by atoms with Gasteiger partial charge in [0.05, 0.1) is 7.11 Å². The number of carbonyl (C=O) groups is 1. The Kier molecular flexibility index (Phi) is 4.33. The lowest BCUT2D eigenvalue weighted by atomic mass is 9.62. The van der Waals surface area contributed by atoms with Crippen molar-refractivity contribution >= 4 is 5.97 Å². The average molecular weight is 315 g/mol. The van der Waals surface area contributed by atoms with Crippen molar-refractivity contribution in [3.8, 4) is 5.75 Å². The molecule has 0 amide bonds. The van der Waals surface area contributed by atoms with Crippen LogP contribution in [0.2, 0.25) is 0 Å². The molecule has 0 aromatic heterocycles. The van der Waals surface area contributed by atoms with E-state index in [0.717, 1.165) is 38.0 Å². The van der Waals surface area contributed by atoms with E-state index >= 15 is 0 Å². The van der Waals surface area contributed by atoms with Crippen LogP contribution in [-0.2, 0) is 14.9 Å². The quantitative estimate of drug-likeness (QED) is 0.803. The van der Waals surface area contributed by atoms with Gasteiger partial charge in [0.1, 0.15) is 11.9 Å². The molecular weight excluding hydrogens is 290 g/mol. The van der Waals surface area contributed by atoms with Crippen molar-refractivity contribution in [3.63, 3.8) is 0 Å². The zero-order valence-electron chi connectivity index (χ0n) is 14.2. The highest BCUT2D eigenvalue weighted by Gasteiger charge is 2.44. The van der Waals surface area contributed by atoms with Crippen molar-refractivity contribution in [1.29, 1.82) is 0 Å². The van der Waals surface area contributed by atoms with Crippen molar-refractivity contribution in [2.45, 2.75) is 44.1 Å². The van der Waals surface area contributed by atoms with Gasteiger partial charge in [0, 0.05) is 25.9 Å². The molecule has 0 unspecified atom stereocenters. The fourth-order valence-electron chi connectivity index (χ4n) is 4.03. The third kappa shape index (κ3) is 3.07. The molecule has 0 radical (unpaired) electrons. The number of benzene rings is 1. The van der Waals surface area contributed by atoms with E-state index in [1.54, 1.807) is 7.11 Å². The molecular formula is C19H25NO3. The van der Waals surface area contributed by atoms with Gasteiger partial charge in [-0.25, -0.2) is 0 Å². The standard InChI is InChI=1S/C19H25NO3/c1-14(21)23-18-8-7-16-13-20(2)10-9-19(16,12-18)15-5-4-6-17(11-15)22-3/h4-6,11,13,18H,7-10,12H2,1-3H3/t18-,19+/m0/s1. The van der Waals surface area contributed by atoms with E-state index in [0.29, 0.717) is 0 Å². The maximum absolute atomic E-state index is 11.4. The fraction of sp³-hybridized carbons (Fsp3) is 0.526. The zero-order chi connectivity index (χ0) is 16.4. The predicted molar refractivity (Wildman–Crippen MR) is 89.4 cm³/mol. The zero-order valence-corrected chi connectivity index (χ0v) is 14.2. The van der Waals surface area contributed by atoms with Crippen molar-refractivity contribution in [2.75, 3.05) is 20.7 Å². The minimum absolute atomic E-state index is 0.000688. The predicted octanol–water partition coefficient (Wildman–Crippen LogP) is 3.27. The van der Waals surface area contributed by atoms with Crippen LogP contribution in [0.15, 0.2) is 36.0 Å². The second-order valence-corrected chi connectivity index (χ2v) is 6.67. The molecule has 0 saturated heterocycles. The molecule has 1 saturated carbocycles. The van der Waals surface area contributed by atoms with E-state index in [1.165, 1.54) is 18.1 Å². The van der Waals surface area contributed by atoms with E-state index in [4.69, 9.17) is 9.47 Å². The summed E-state index contributed by atoms with van der Waals surface area (Å²) in [6.45, 7) is 2.51. The molecule has 2 atom stereocenters. The van der Waals surface area contributed by atoms with Crippen molar-refractivity contribution < 1.29 is 14.3 Å². The van der Waals surface area contributed by atoms with Crippen LogP contribution >= 0.6 is 0 Å². The van der Waals surface area contributed by atoms with Gasteiger partial charge >= 0.3 is 5.97 Å². The van der Waals surface area contributed by atoms with Gasteiger partial charge in [-0.3, -0.25) is 4.79 Å². The van der Waals surface area contributed by atoms with Gasteiger partial charge in [-0.1, -0.05) is 12.1 Å². The van der Waals surface area contributed by atoms with Crippen LogP contribution in [0.4, 0.5) is 0 Å². The lowest BCUT2D eigenvalue weighted by Gasteiger charge is -2.47. The molecule has 1 aliphatic carbocycles.